The summed E-state index contributed by atoms with van der Waals surface area (Å²) in [7, 11) is 4.24. The monoisotopic (exact) mass is 248 g/mol. The Bertz CT molecular complexity index is 385. The number of anilines is 1. The van der Waals surface area contributed by atoms with Crippen LogP contribution in [0.1, 0.15) is 30.0 Å². The second-order valence-electron chi connectivity index (χ2n) is 5.44. The molecule has 102 valence electrons. The molecule has 0 radical (unpaired) electrons. The number of benzene rings is 1. The average Bonchev–Trinajstić information content (AvgIpc) is 2.33. The van der Waals surface area contributed by atoms with Crippen LogP contribution in [0.15, 0.2) is 12.1 Å². The average molecular weight is 248 g/mol. The molecular formula is C16H28N2. The molecular weight excluding hydrogens is 220 g/mol. The molecule has 1 atom stereocenters. The molecule has 0 saturated heterocycles. The summed E-state index contributed by atoms with van der Waals surface area (Å²) in [5.74, 6) is 0.709. The second kappa shape index (κ2) is 6.79. The highest BCUT2D eigenvalue weighted by Gasteiger charge is 2.12. The van der Waals surface area contributed by atoms with E-state index in [-0.39, 0.29) is 0 Å². The quantitative estimate of drug-likeness (QED) is 0.831. The molecule has 1 rings (SSSR count). The molecule has 0 aromatic heterocycles. The zero-order chi connectivity index (χ0) is 13.7. The lowest BCUT2D eigenvalue weighted by Crippen LogP contribution is -2.31. The van der Waals surface area contributed by atoms with E-state index in [9.17, 15) is 0 Å². The fourth-order valence-corrected chi connectivity index (χ4v) is 2.47. The number of aryl methyl sites for hydroxylation is 3. The number of hydrogen-bond donors (Lipinski definition) is 1. The highest BCUT2D eigenvalue weighted by atomic mass is 15.1. The van der Waals surface area contributed by atoms with Crippen LogP contribution in [-0.4, -0.2) is 27.2 Å². The SMILES string of the molecule is CCC(CNC)CN(C)c1cc(C)c(C)cc1C. The molecule has 0 spiro atoms. The van der Waals surface area contributed by atoms with Gasteiger partial charge in [0.25, 0.3) is 0 Å². The van der Waals surface area contributed by atoms with Crippen LogP contribution in [-0.2, 0) is 0 Å². The Morgan fingerprint density at radius 2 is 1.72 bits per heavy atom. The van der Waals surface area contributed by atoms with Crippen LogP contribution in [0, 0.1) is 26.7 Å². The van der Waals surface area contributed by atoms with Gasteiger partial charge in [-0.2, -0.15) is 0 Å². The first kappa shape index (κ1) is 15.0. The van der Waals surface area contributed by atoms with Gasteiger partial charge in [-0.3, -0.25) is 0 Å². The maximum absolute atomic E-state index is 3.28. The molecule has 0 heterocycles. The molecule has 1 N–H and O–H groups in total. The van der Waals surface area contributed by atoms with Crippen LogP contribution in [0.3, 0.4) is 0 Å². The van der Waals surface area contributed by atoms with Crippen molar-refractivity contribution in [3.63, 3.8) is 0 Å². The number of hydrogen-bond acceptors (Lipinski definition) is 2. The Labute approximate surface area is 112 Å². The van der Waals surface area contributed by atoms with E-state index >= 15 is 0 Å². The lowest BCUT2D eigenvalue weighted by molar-refractivity contribution is 0.484. The van der Waals surface area contributed by atoms with E-state index in [0.717, 1.165) is 13.1 Å². The zero-order valence-corrected chi connectivity index (χ0v) is 12.8. The Morgan fingerprint density at radius 1 is 1.11 bits per heavy atom. The second-order valence-corrected chi connectivity index (χ2v) is 5.44. The highest BCUT2D eigenvalue weighted by Crippen LogP contribution is 2.24. The third-order valence-corrected chi connectivity index (χ3v) is 3.83. The van der Waals surface area contributed by atoms with Crippen LogP contribution >= 0.6 is 0 Å². The standard InChI is InChI=1S/C16H28N2/c1-7-15(10-17-5)11-18(6)16-9-13(3)12(2)8-14(16)4/h8-9,15,17H,7,10-11H2,1-6H3. The summed E-state index contributed by atoms with van der Waals surface area (Å²) in [4.78, 5) is 2.40. The van der Waals surface area contributed by atoms with Crippen LogP contribution in [0.5, 0.6) is 0 Å². The fourth-order valence-electron chi connectivity index (χ4n) is 2.47. The topological polar surface area (TPSA) is 15.3 Å². The minimum absolute atomic E-state index is 0.709. The Hall–Kier alpha value is -1.02. The molecule has 1 aromatic carbocycles. The van der Waals surface area contributed by atoms with Gasteiger partial charge >= 0.3 is 0 Å². The summed E-state index contributed by atoms with van der Waals surface area (Å²) in [6.07, 6.45) is 1.22. The van der Waals surface area contributed by atoms with Gasteiger partial charge in [-0.25, -0.2) is 0 Å². The van der Waals surface area contributed by atoms with Gasteiger partial charge in [0, 0.05) is 19.3 Å². The third kappa shape index (κ3) is 3.74. The van der Waals surface area contributed by atoms with Crippen molar-refractivity contribution in [3.05, 3.63) is 28.8 Å². The van der Waals surface area contributed by atoms with E-state index < -0.39 is 0 Å². The van der Waals surface area contributed by atoms with Crippen molar-refractivity contribution in [2.45, 2.75) is 34.1 Å². The van der Waals surface area contributed by atoms with E-state index in [4.69, 9.17) is 0 Å². The lowest BCUT2D eigenvalue weighted by atomic mass is 10.0. The molecule has 0 amide bonds. The molecule has 2 nitrogen and oxygen atoms in total. The smallest absolute Gasteiger partial charge is 0.0396 e. The largest absolute Gasteiger partial charge is 0.374 e. The van der Waals surface area contributed by atoms with Crippen molar-refractivity contribution in [3.8, 4) is 0 Å². The van der Waals surface area contributed by atoms with Crippen molar-refractivity contribution < 1.29 is 0 Å². The normalized spacial score (nSPS) is 12.6. The summed E-state index contributed by atoms with van der Waals surface area (Å²) in [6, 6.07) is 4.61. The molecule has 0 bridgehead atoms. The fraction of sp³-hybridized carbons (Fsp3) is 0.625. The summed E-state index contributed by atoms with van der Waals surface area (Å²) in [6.45, 7) is 11.0. The summed E-state index contributed by atoms with van der Waals surface area (Å²) in [5.41, 5.74) is 5.50. The minimum atomic E-state index is 0.709. The number of nitrogens with one attached hydrogen (secondary N) is 1. The van der Waals surface area contributed by atoms with Gasteiger partial charge in [-0.05, 0) is 63.0 Å². The van der Waals surface area contributed by atoms with E-state index in [1.54, 1.807) is 0 Å². The zero-order valence-electron chi connectivity index (χ0n) is 12.8. The van der Waals surface area contributed by atoms with Crippen LogP contribution in [0.2, 0.25) is 0 Å². The highest BCUT2D eigenvalue weighted by molar-refractivity contribution is 5.56. The molecule has 0 aliphatic rings. The first-order valence-electron chi connectivity index (χ1n) is 6.93. The number of nitrogens with zero attached hydrogens (tertiary/aromatic N) is 1. The molecule has 2 heteroatoms. The predicted octanol–water partition coefficient (Wildman–Crippen LogP) is 3.29. The Balaban J connectivity index is 2.83. The third-order valence-electron chi connectivity index (χ3n) is 3.83. The van der Waals surface area contributed by atoms with Crippen LogP contribution < -0.4 is 10.2 Å². The first-order chi connectivity index (χ1) is 8.49. The van der Waals surface area contributed by atoms with Crippen LogP contribution in [0.25, 0.3) is 0 Å². The maximum Gasteiger partial charge on any atom is 0.0396 e. The van der Waals surface area contributed by atoms with Crippen LogP contribution in [0.4, 0.5) is 5.69 Å². The van der Waals surface area contributed by atoms with Crippen molar-refractivity contribution in [2.75, 3.05) is 32.1 Å². The molecule has 18 heavy (non-hydrogen) atoms. The molecule has 0 saturated carbocycles. The Kier molecular flexibility index (Phi) is 5.67. The van der Waals surface area contributed by atoms with Crippen molar-refractivity contribution >= 4 is 5.69 Å². The van der Waals surface area contributed by atoms with Crippen molar-refractivity contribution in [1.29, 1.82) is 0 Å². The predicted molar refractivity (Wildman–Crippen MR) is 81.6 cm³/mol. The van der Waals surface area contributed by atoms with Crippen molar-refractivity contribution in [2.24, 2.45) is 5.92 Å². The number of rotatable bonds is 6. The first-order valence-corrected chi connectivity index (χ1v) is 6.93. The molecule has 0 fully saturated rings. The van der Waals surface area contributed by atoms with Gasteiger partial charge in [-0.15, -0.1) is 0 Å². The summed E-state index contributed by atoms with van der Waals surface area (Å²) in [5, 5.41) is 3.28. The van der Waals surface area contributed by atoms with Gasteiger partial charge in [-0.1, -0.05) is 19.4 Å². The summed E-state index contributed by atoms with van der Waals surface area (Å²) >= 11 is 0. The van der Waals surface area contributed by atoms with Gasteiger partial charge < -0.3 is 10.2 Å². The van der Waals surface area contributed by atoms with E-state index in [1.807, 2.05) is 7.05 Å². The van der Waals surface area contributed by atoms with Crippen molar-refractivity contribution in [1.82, 2.24) is 5.32 Å². The van der Waals surface area contributed by atoms with E-state index in [1.165, 1.54) is 28.8 Å². The van der Waals surface area contributed by atoms with E-state index in [0.29, 0.717) is 5.92 Å². The molecule has 0 aliphatic carbocycles. The minimum Gasteiger partial charge on any atom is -0.374 e. The van der Waals surface area contributed by atoms with Gasteiger partial charge in [0.15, 0.2) is 0 Å². The van der Waals surface area contributed by atoms with E-state index in [2.05, 4.69) is 57.1 Å². The molecule has 0 aliphatic heterocycles. The Morgan fingerprint density at radius 3 is 2.28 bits per heavy atom. The van der Waals surface area contributed by atoms with Gasteiger partial charge in [0.2, 0.25) is 0 Å². The van der Waals surface area contributed by atoms with Gasteiger partial charge in [0.05, 0.1) is 0 Å². The summed E-state index contributed by atoms with van der Waals surface area (Å²) < 4.78 is 0. The van der Waals surface area contributed by atoms with Gasteiger partial charge in [0.1, 0.15) is 0 Å². The maximum atomic E-state index is 3.28. The molecule has 1 aromatic rings. The molecule has 1 unspecified atom stereocenters. The lowest BCUT2D eigenvalue weighted by Gasteiger charge is -2.27.